The zero-order valence-corrected chi connectivity index (χ0v) is 13.1. The van der Waals surface area contributed by atoms with E-state index in [2.05, 4.69) is 18.2 Å². The number of hydrogen-bond donors (Lipinski definition) is 0. The maximum Gasteiger partial charge on any atom is -0.147 e. The molecular weight excluding hydrogens is 265 g/mol. The van der Waals surface area contributed by atoms with Crippen molar-refractivity contribution in [3.05, 3.63) is 23.8 Å². The van der Waals surface area contributed by atoms with Gasteiger partial charge in [0.1, 0.15) is 0 Å². The third-order valence-electron chi connectivity index (χ3n) is 2.14. The van der Waals surface area contributed by atoms with Crippen molar-refractivity contribution in [1.82, 2.24) is 0 Å². The summed E-state index contributed by atoms with van der Waals surface area (Å²) in [6.45, 7) is 0.813. The molecule has 0 N–H and O–H groups in total. The van der Waals surface area contributed by atoms with Crippen LogP contribution in [0, 0.1) is 0 Å². The van der Waals surface area contributed by atoms with Gasteiger partial charge in [-0.15, -0.1) is 12.4 Å². The van der Waals surface area contributed by atoms with Crippen molar-refractivity contribution in [3.8, 4) is 5.75 Å². The summed E-state index contributed by atoms with van der Waals surface area (Å²) in [6, 6.07) is 6.41. The van der Waals surface area contributed by atoms with E-state index in [1.165, 1.54) is 28.0 Å². The Morgan fingerprint density at radius 1 is 1.27 bits per heavy atom. The zero-order valence-electron chi connectivity index (χ0n) is 9.29. The second-order valence-corrected chi connectivity index (χ2v) is 4.96. The summed E-state index contributed by atoms with van der Waals surface area (Å²) >= 11 is 1.20. The van der Waals surface area contributed by atoms with Crippen LogP contribution in [0.25, 0.3) is 0 Å². The molecule has 1 aromatic carbocycles. The molecule has 0 bridgehead atoms. The Hall–Kier alpha value is -0.107. The van der Waals surface area contributed by atoms with E-state index in [4.69, 9.17) is 9.47 Å². The van der Waals surface area contributed by atoms with Crippen LogP contribution in [0.5, 0.6) is 5.75 Å². The van der Waals surface area contributed by atoms with E-state index in [0.717, 1.165) is 25.2 Å². The van der Waals surface area contributed by atoms with Gasteiger partial charge in [0.25, 0.3) is 0 Å². The molecule has 0 aromatic heterocycles. The summed E-state index contributed by atoms with van der Waals surface area (Å²) in [5.74, 6) is 0.998. The fourth-order valence-corrected chi connectivity index (χ4v) is 2.20. The van der Waals surface area contributed by atoms with E-state index in [0.29, 0.717) is 0 Å². The molecule has 0 spiro atoms. The van der Waals surface area contributed by atoms with Crippen LogP contribution in [0.3, 0.4) is 0 Å². The molecule has 0 amide bonds. The first kappa shape index (κ1) is 14.9. The molecule has 0 atom stereocenters. The Labute approximate surface area is 107 Å². The van der Waals surface area contributed by atoms with Crippen LogP contribution < -0.4 is 8.89 Å². The van der Waals surface area contributed by atoms with E-state index in [-0.39, 0.29) is 12.4 Å². The van der Waals surface area contributed by atoms with Gasteiger partial charge in [0.15, 0.2) is 0 Å². The molecule has 0 saturated carbocycles. The van der Waals surface area contributed by atoms with E-state index in [1.54, 1.807) is 14.2 Å². The first-order valence-corrected chi connectivity index (χ1v) is 6.24. The SMILES string of the molecule is COCCCc1c[c]([Zn])ccc1OC.Cl. The first-order chi connectivity index (χ1) is 6.77. The summed E-state index contributed by atoms with van der Waals surface area (Å²) in [7, 11) is 3.46. The van der Waals surface area contributed by atoms with Gasteiger partial charge in [-0.2, -0.15) is 0 Å². The molecule has 0 saturated heterocycles. The van der Waals surface area contributed by atoms with Crippen LogP contribution in [0.1, 0.15) is 12.0 Å². The summed E-state index contributed by atoms with van der Waals surface area (Å²) in [4.78, 5) is 0. The summed E-state index contributed by atoms with van der Waals surface area (Å²) in [6.07, 6.45) is 2.08. The third kappa shape index (κ3) is 4.97. The van der Waals surface area contributed by atoms with Crippen LogP contribution in [0.2, 0.25) is 0 Å². The largest absolute Gasteiger partial charge is 0.147 e. The average molecular weight is 281 g/mol. The minimum atomic E-state index is 0. The number of aryl methyl sites for hydroxylation is 1. The summed E-state index contributed by atoms with van der Waals surface area (Å²) < 4.78 is 11.7. The number of benzene rings is 1. The molecule has 2 nitrogen and oxygen atoms in total. The van der Waals surface area contributed by atoms with Gasteiger partial charge in [0, 0.05) is 0 Å². The molecule has 4 heteroatoms. The number of rotatable bonds is 5. The van der Waals surface area contributed by atoms with E-state index < -0.39 is 0 Å². The summed E-state index contributed by atoms with van der Waals surface area (Å²) in [5, 5.41) is 0. The van der Waals surface area contributed by atoms with Gasteiger partial charge >= 0.3 is 95.1 Å². The molecule has 1 rings (SSSR count). The minimum absolute atomic E-state index is 0. The van der Waals surface area contributed by atoms with Gasteiger partial charge in [-0.3, -0.25) is 0 Å². The molecule has 15 heavy (non-hydrogen) atoms. The molecule has 0 unspecified atom stereocenters. The van der Waals surface area contributed by atoms with Gasteiger partial charge in [-0.1, -0.05) is 0 Å². The van der Waals surface area contributed by atoms with E-state index in [9.17, 15) is 0 Å². The molecule has 0 aliphatic rings. The second-order valence-electron chi connectivity index (χ2n) is 3.24. The van der Waals surface area contributed by atoms with Gasteiger partial charge in [0.05, 0.1) is 0 Å². The first-order valence-electron chi connectivity index (χ1n) is 4.75. The van der Waals surface area contributed by atoms with Crippen LogP contribution in [-0.4, -0.2) is 20.8 Å². The van der Waals surface area contributed by atoms with Crippen molar-refractivity contribution in [2.75, 3.05) is 20.8 Å². The minimum Gasteiger partial charge on any atom is -0.147 e. The van der Waals surface area contributed by atoms with Crippen molar-refractivity contribution < 1.29 is 27.8 Å². The molecule has 81 valence electrons. The Bertz CT molecular complexity index is 292. The predicted octanol–water partition coefficient (Wildman–Crippen LogP) is 1.87. The molecule has 0 heterocycles. The molecule has 0 aliphatic heterocycles. The van der Waals surface area contributed by atoms with E-state index in [1.807, 2.05) is 0 Å². The standard InChI is InChI=1S/C11H15O2.ClH.Zn/c1-12-9-5-7-10-6-3-4-8-11(10)13-2;;/h4,6,8H,5,7,9H2,1-2H3;1H;. The maximum atomic E-state index is 5.30. The van der Waals surface area contributed by atoms with Crippen molar-refractivity contribution in [3.63, 3.8) is 0 Å². The zero-order chi connectivity index (χ0) is 10.4. The number of methoxy groups -OCH3 is 2. The molecule has 1 aromatic rings. The van der Waals surface area contributed by atoms with Crippen molar-refractivity contribution in [2.45, 2.75) is 12.8 Å². The Morgan fingerprint density at radius 2 is 2.00 bits per heavy atom. The van der Waals surface area contributed by atoms with E-state index >= 15 is 0 Å². The van der Waals surface area contributed by atoms with Gasteiger partial charge in [-0.05, 0) is 0 Å². The second kappa shape index (κ2) is 8.09. The smallest absolute Gasteiger partial charge is 0.147 e. The summed E-state index contributed by atoms with van der Waals surface area (Å²) in [5.41, 5.74) is 1.30. The monoisotopic (exact) mass is 279 g/mol. The van der Waals surface area contributed by atoms with Crippen LogP contribution in [0.4, 0.5) is 0 Å². The van der Waals surface area contributed by atoms with Crippen molar-refractivity contribution in [1.29, 1.82) is 0 Å². The van der Waals surface area contributed by atoms with Gasteiger partial charge in [-0.25, -0.2) is 0 Å². The molecule has 0 radical (unpaired) electrons. The Balaban J connectivity index is 0.00000196. The molecule has 0 fully saturated rings. The van der Waals surface area contributed by atoms with Gasteiger partial charge < -0.3 is 0 Å². The Morgan fingerprint density at radius 3 is 2.60 bits per heavy atom. The fraction of sp³-hybridized carbons (Fsp3) is 0.455. The van der Waals surface area contributed by atoms with Crippen LogP contribution >= 0.6 is 12.4 Å². The maximum absolute atomic E-state index is 5.30. The van der Waals surface area contributed by atoms with Crippen molar-refractivity contribution >= 4 is 16.6 Å². The molecular formula is C11H16ClO2Zn. The topological polar surface area (TPSA) is 18.5 Å². The number of ether oxygens (including phenoxy) is 2. The Kier molecular flexibility index (Phi) is 8.04. The third-order valence-corrected chi connectivity index (χ3v) is 3.06. The van der Waals surface area contributed by atoms with Gasteiger partial charge in [0.2, 0.25) is 0 Å². The number of halogens is 1. The van der Waals surface area contributed by atoms with Crippen LogP contribution in [0.15, 0.2) is 18.2 Å². The van der Waals surface area contributed by atoms with Crippen molar-refractivity contribution in [2.24, 2.45) is 0 Å². The average Bonchev–Trinajstić information content (AvgIpc) is 2.19. The predicted molar refractivity (Wildman–Crippen MR) is 60.1 cm³/mol. The molecule has 0 aliphatic carbocycles. The van der Waals surface area contributed by atoms with Crippen LogP contribution in [-0.2, 0) is 29.5 Å². The normalized spacial score (nSPS) is 9.60. The quantitative estimate of drug-likeness (QED) is 0.606. The fourth-order valence-electron chi connectivity index (χ4n) is 1.43. The number of hydrogen-bond acceptors (Lipinski definition) is 2.